The van der Waals surface area contributed by atoms with E-state index in [2.05, 4.69) is 18.8 Å². The van der Waals surface area contributed by atoms with E-state index in [0.29, 0.717) is 6.04 Å². The summed E-state index contributed by atoms with van der Waals surface area (Å²) in [6, 6.07) is 2.43. The highest BCUT2D eigenvalue weighted by molar-refractivity contribution is 5.11. The zero-order valence-corrected chi connectivity index (χ0v) is 8.83. The van der Waals surface area contributed by atoms with Crippen molar-refractivity contribution < 1.29 is 4.42 Å². The first kappa shape index (κ1) is 11.1. The molecule has 0 aliphatic carbocycles. The second kappa shape index (κ2) is 6.44. The molecule has 0 amide bonds. The van der Waals surface area contributed by atoms with Gasteiger partial charge < -0.3 is 9.73 Å². The van der Waals surface area contributed by atoms with E-state index < -0.39 is 0 Å². The van der Waals surface area contributed by atoms with Crippen LogP contribution in [0, 0.1) is 0 Å². The molecule has 0 bridgehead atoms. The first-order chi connectivity index (χ1) is 6.88. The molecule has 2 heteroatoms. The number of hydrogen-bond donors (Lipinski definition) is 1. The summed E-state index contributed by atoms with van der Waals surface area (Å²) in [5, 5.41) is 3.50. The molecule has 0 spiro atoms. The van der Waals surface area contributed by atoms with Gasteiger partial charge in [0.25, 0.3) is 0 Å². The Morgan fingerprint density at radius 3 is 3.07 bits per heavy atom. The maximum Gasteiger partial charge on any atom is 0.0950 e. The molecule has 78 valence electrons. The average Bonchev–Trinajstić information content (AvgIpc) is 2.71. The first-order valence-corrected chi connectivity index (χ1v) is 5.24. The van der Waals surface area contributed by atoms with Crippen LogP contribution in [0.2, 0.25) is 0 Å². The van der Waals surface area contributed by atoms with Crippen LogP contribution in [-0.2, 0) is 0 Å². The van der Waals surface area contributed by atoms with Crippen molar-refractivity contribution in [2.75, 3.05) is 6.54 Å². The lowest BCUT2D eigenvalue weighted by atomic mass is 10.1. The highest BCUT2D eigenvalue weighted by Crippen LogP contribution is 2.18. The van der Waals surface area contributed by atoms with Crippen molar-refractivity contribution in [3.8, 4) is 0 Å². The van der Waals surface area contributed by atoms with E-state index in [-0.39, 0.29) is 0 Å². The fourth-order valence-corrected chi connectivity index (χ4v) is 1.46. The smallest absolute Gasteiger partial charge is 0.0950 e. The van der Waals surface area contributed by atoms with E-state index >= 15 is 0 Å². The van der Waals surface area contributed by atoms with E-state index in [1.807, 2.05) is 18.4 Å². The van der Waals surface area contributed by atoms with Crippen LogP contribution in [-0.4, -0.2) is 6.54 Å². The van der Waals surface area contributed by atoms with Crippen molar-refractivity contribution in [3.05, 3.63) is 36.8 Å². The van der Waals surface area contributed by atoms with Gasteiger partial charge in [0.2, 0.25) is 0 Å². The first-order valence-electron chi connectivity index (χ1n) is 5.24. The van der Waals surface area contributed by atoms with Crippen molar-refractivity contribution in [2.24, 2.45) is 0 Å². The van der Waals surface area contributed by atoms with E-state index in [0.717, 1.165) is 25.8 Å². The number of hydrogen-bond acceptors (Lipinski definition) is 2. The molecule has 0 aliphatic heterocycles. The SMILES string of the molecule is C=CCCC(NCCC)c1ccoc1. The molecule has 14 heavy (non-hydrogen) atoms. The molecule has 1 atom stereocenters. The van der Waals surface area contributed by atoms with Crippen LogP contribution in [0.15, 0.2) is 35.7 Å². The van der Waals surface area contributed by atoms with Crippen molar-refractivity contribution in [1.82, 2.24) is 5.32 Å². The third kappa shape index (κ3) is 3.38. The predicted octanol–water partition coefficient (Wildman–Crippen LogP) is 3.29. The van der Waals surface area contributed by atoms with E-state index in [1.165, 1.54) is 5.56 Å². The van der Waals surface area contributed by atoms with Crippen molar-refractivity contribution in [2.45, 2.75) is 32.2 Å². The normalized spacial score (nSPS) is 12.6. The number of allylic oxidation sites excluding steroid dienone is 1. The molecule has 2 nitrogen and oxygen atoms in total. The van der Waals surface area contributed by atoms with Crippen LogP contribution in [0.25, 0.3) is 0 Å². The summed E-state index contributed by atoms with van der Waals surface area (Å²) >= 11 is 0. The van der Waals surface area contributed by atoms with Gasteiger partial charge in [0.05, 0.1) is 12.5 Å². The van der Waals surface area contributed by atoms with E-state index in [9.17, 15) is 0 Å². The highest BCUT2D eigenvalue weighted by Gasteiger charge is 2.10. The standard InChI is InChI=1S/C12H19NO/c1-3-5-6-12(13-8-4-2)11-7-9-14-10-11/h3,7,9-10,12-13H,1,4-6,8H2,2H3. The Morgan fingerprint density at radius 1 is 1.64 bits per heavy atom. The fraction of sp³-hybridized carbons (Fsp3) is 0.500. The van der Waals surface area contributed by atoms with Gasteiger partial charge in [-0.2, -0.15) is 0 Å². The van der Waals surface area contributed by atoms with Crippen LogP contribution < -0.4 is 5.32 Å². The number of nitrogens with one attached hydrogen (secondary N) is 1. The molecular weight excluding hydrogens is 174 g/mol. The molecule has 1 aromatic rings. The highest BCUT2D eigenvalue weighted by atomic mass is 16.3. The van der Waals surface area contributed by atoms with Gasteiger partial charge >= 0.3 is 0 Å². The van der Waals surface area contributed by atoms with Gasteiger partial charge in [-0.1, -0.05) is 13.0 Å². The zero-order chi connectivity index (χ0) is 10.2. The summed E-state index contributed by atoms with van der Waals surface area (Å²) in [6.45, 7) is 6.97. The van der Waals surface area contributed by atoms with Crippen molar-refractivity contribution in [3.63, 3.8) is 0 Å². The Kier molecular flexibility index (Phi) is 5.08. The van der Waals surface area contributed by atoms with Crippen LogP contribution in [0.5, 0.6) is 0 Å². The number of furan rings is 1. The summed E-state index contributed by atoms with van der Waals surface area (Å²) in [6.07, 6.45) is 8.78. The molecule has 0 radical (unpaired) electrons. The number of rotatable bonds is 7. The summed E-state index contributed by atoms with van der Waals surface area (Å²) < 4.78 is 5.09. The maximum atomic E-state index is 5.09. The van der Waals surface area contributed by atoms with Gasteiger partial charge in [-0.05, 0) is 31.9 Å². The van der Waals surface area contributed by atoms with E-state index in [1.54, 1.807) is 6.26 Å². The molecule has 0 saturated heterocycles. The van der Waals surface area contributed by atoms with Crippen LogP contribution in [0.1, 0.15) is 37.8 Å². The Bertz CT molecular complexity index is 241. The molecule has 0 aliphatic rings. The second-order valence-corrected chi connectivity index (χ2v) is 3.43. The second-order valence-electron chi connectivity index (χ2n) is 3.43. The Morgan fingerprint density at radius 2 is 2.50 bits per heavy atom. The molecule has 1 N–H and O–H groups in total. The fourth-order valence-electron chi connectivity index (χ4n) is 1.46. The summed E-state index contributed by atoms with van der Waals surface area (Å²) in [4.78, 5) is 0. The molecule has 1 rings (SSSR count). The van der Waals surface area contributed by atoms with Crippen LogP contribution in [0.3, 0.4) is 0 Å². The quantitative estimate of drug-likeness (QED) is 0.672. The van der Waals surface area contributed by atoms with Crippen molar-refractivity contribution in [1.29, 1.82) is 0 Å². The molecular formula is C12H19NO. The van der Waals surface area contributed by atoms with Gasteiger partial charge in [0.15, 0.2) is 0 Å². The molecule has 0 aromatic carbocycles. The molecule has 1 aromatic heterocycles. The predicted molar refractivity (Wildman–Crippen MR) is 59.2 cm³/mol. The molecule has 1 heterocycles. The lowest BCUT2D eigenvalue weighted by molar-refractivity contribution is 0.491. The Balaban J connectivity index is 2.48. The zero-order valence-electron chi connectivity index (χ0n) is 8.83. The maximum absolute atomic E-state index is 5.09. The topological polar surface area (TPSA) is 25.2 Å². The minimum Gasteiger partial charge on any atom is -0.472 e. The van der Waals surface area contributed by atoms with Gasteiger partial charge in [-0.25, -0.2) is 0 Å². The average molecular weight is 193 g/mol. The lowest BCUT2D eigenvalue weighted by Crippen LogP contribution is -2.21. The lowest BCUT2D eigenvalue weighted by Gasteiger charge is -2.15. The monoisotopic (exact) mass is 193 g/mol. The summed E-state index contributed by atoms with van der Waals surface area (Å²) in [5.74, 6) is 0. The van der Waals surface area contributed by atoms with Crippen LogP contribution in [0.4, 0.5) is 0 Å². The Hall–Kier alpha value is -1.02. The minimum absolute atomic E-state index is 0.409. The summed E-state index contributed by atoms with van der Waals surface area (Å²) in [5.41, 5.74) is 1.24. The van der Waals surface area contributed by atoms with E-state index in [4.69, 9.17) is 4.42 Å². The molecule has 0 saturated carbocycles. The third-order valence-electron chi connectivity index (χ3n) is 2.25. The largest absolute Gasteiger partial charge is 0.472 e. The Labute approximate surface area is 86.0 Å². The molecule has 1 unspecified atom stereocenters. The van der Waals surface area contributed by atoms with Gasteiger partial charge in [0, 0.05) is 11.6 Å². The van der Waals surface area contributed by atoms with Crippen molar-refractivity contribution >= 4 is 0 Å². The minimum atomic E-state index is 0.409. The summed E-state index contributed by atoms with van der Waals surface area (Å²) in [7, 11) is 0. The van der Waals surface area contributed by atoms with Gasteiger partial charge in [-0.3, -0.25) is 0 Å². The third-order valence-corrected chi connectivity index (χ3v) is 2.25. The van der Waals surface area contributed by atoms with Gasteiger partial charge in [-0.15, -0.1) is 6.58 Å². The molecule has 0 fully saturated rings. The van der Waals surface area contributed by atoms with Gasteiger partial charge in [0.1, 0.15) is 0 Å². The van der Waals surface area contributed by atoms with Crippen LogP contribution >= 0.6 is 0 Å².